The van der Waals surface area contributed by atoms with Gasteiger partial charge in [-0.3, -0.25) is 4.98 Å². The van der Waals surface area contributed by atoms with E-state index in [4.69, 9.17) is 9.47 Å². The maximum atomic E-state index is 9.27. The van der Waals surface area contributed by atoms with Gasteiger partial charge in [-0.15, -0.1) is 0 Å². The molecule has 102 valence electrons. The molecule has 0 aliphatic rings. The summed E-state index contributed by atoms with van der Waals surface area (Å²) >= 11 is 0. The van der Waals surface area contributed by atoms with Crippen molar-refractivity contribution in [1.29, 1.82) is 0 Å². The number of ether oxygens (including phenoxy) is 2. The van der Waals surface area contributed by atoms with Gasteiger partial charge < -0.3 is 14.6 Å². The largest absolute Gasteiger partial charge is 0.490 e. The minimum atomic E-state index is -0.133. The third kappa shape index (κ3) is 4.53. The molecule has 1 heterocycles. The molecule has 0 fully saturated rings. The quantitative estimate of drug-likeness (QED) is 0.687. The van der Waals surface area contributed by atoms with E-state index in [1.165, 1.54) is 0 Å². The fourth-order valence-corrected chi connectivity index (χ4v) is 1.50. The number of pyridine rings is 1. The maximum absolute atomic E-state index is 9.27. The lowest BCUT2D eigenvalue weighted by Crippen LogP contribution is -2.06. The molecule has 1 rings (SSSR count). The van der Waals surface area contributed by atoms with Crippen LogP contribution in [0.5, 0.6) is 11.5 Å². The topological polar surface area (TPSA) is 51.6 Å². The summed E-state index contributed by atoms with van der Waals surface area (Å²) in [5.41, 5.74) is 0.542. The average molecular weight is 253 g/mol. The van der Waals surface area contributed by atoms with E-state index in [9.17, 15) is 5.11 Å². The zero-order valence-electron chi connectivity index (χ0n) is 11.3. The number of aliphatic hydroxyl groups is 1. The first-order valence-electron chi connectivity index (χ1n) is 6.67. The zero-order valence-corrected chi connectivity index (χ0v) is 11.3. The second-order valence-corrected chi connectivity index (χ2v) is 4.15. The lowest BCUT2D eigenvalue weighted by atomic mass is 10.3. The van der Waals surface area contributed by atoms with Crippen molar-refractivity contribution in [1.82, 2.24) is 4.98 Å². The van der Waals surface area contributed by atoms with Gasteiger partial charge in [0.2, 0.25) is 0 Å². The molecule has 1 aromatic rings. The first-order chi connectivity index (χ1) is 8.83. The van der Waals surface area contributed by atoms with E-state index >= 15 is 0 Å². The molecule has 1 aromatic heterocycles. The van der Waals surface area contributed by atoms with E-state index in [2.05, 4.69) is 18.8 Å². The molecule has 1 N–H and O–H groups in total. The second-order valence-electron chi connectivity index (χ2n) is 4.15. The molecule has 0 bridgehead atoms. The fraction of sp³-hybridized carbons (Fsp3) is 0.643. The summed E-state index contributed by atoms with van der Waals surface area (Å²) in [4.78, 5) is 4.11. The van der Waals surface area contributed by atoms with Crippen molar-refractivity contribution >= 4 is 0 Å². The normalized spacial score (nSPS) is 10.4. The van der Waals surface area contributed by atoms with Gasteiger partial charge >= 0.3 is 0 Å². The maximum Gasteiger partial charge on any atom is 0.185 e. The average Bonchev–Trinajstić information content (AvgIpc) is 2.40. The molecule has 4 heteroatoms. The third-order valence-electron chi connectivity index (χ3n) is 2.59. The Bertz CT molecular complexity index is 342. The highest BCUT2D eigenvalue weighted by Gasteiger charge is 2.11. The van der Waals surface area contributed by atoms with Crippen LogP contribution >= 0.6 is 0 Å². The molecule has 0 radical (unpaired) electrons. The highest BCUT2D eigenvalue weighted by molar-refractivity contribution is 5.42. The van der Waals surface area contributed by atoms with Crippen molar-refractivity contribution < 1.29 is 14.6 Å². The molecule has 0 saturated carbocycles. The highest BCUT2D eigenvalue weighted by atomic mass is 16.5. The Labute approximate surface area is 109 Å². The Morgan fingerprint density at radius 3 is 2.39 bits per heavy atom. The Morgan fingerprint density at radius 2 is 1.78 bits per heavy atom. The first-order valence-corrected chi connectivity index (χ1v) is 6.67. The van der Waals surface area contributed by atoms with E-state index < -0.39 is 0 Å². The van der Waals surface area contributed by atoms with Gasteiger partial charge in [-0.1, -0.05) is 26.7 Å². The van der Waals surface area contributed by atoms with Crippen LogP contribution < -0.4 is 9.47 Å². The van der Waals surface area contributed by atoms with Crippen LogP contribution in [0.15, 0.2) is 12.3 Å². The Balaban J connectivity index is 2.72. The van der Waals surface area contributed by atoms with Crippen LogP contribution in [0, 0.1) is 0 Å². The van der Waals surface area contributed by atoms with Gasteiger partial charge in [-0.05, 0) is 12.8 Å². The van der Waals surface area contributed by atoms with Crippen molar-refractivity contribution in [2.45, 2.75) is 46.1 Å². The predicted octanol–water partition coefficient (Wildman–Crippen LogP) is 2.93. The van der Waals surface area contributed by atoms with Crippen molar-refractivity contribution in [2.24, 2.45) is 0 Å². The first kappa shape index (κ1) is 14.8. The Hall–Kier alpha value is -1.29. The number of hydrogen-bond acceptors (Lipinski definition) is 4. The lowest BCUT2D eigenvalue weighted by molar-refractivity contribution is 0.237. The zero-order chi connectivity index (χ0) is 13.2. The summed E-state index contributed by atoms with van der Waals surface area (Å²) in [6.07, 6.45) is 5.78. The van der Waals surface area contributed by atoms with Gasteiger partial charge in [0.1, 0.15) is 5.69 Å². The molecular weight excluding hydrogens is 230 g/mol. The third-order valence-corrected chi connectivity index (χ3v) is 2.59. The van der Waals surface area contributed by atoms with E-state index in [-0.39, 0.29) is 6.61 Å². The van der Waals surface area contributed by atoms with Gasteiger partial charge in [0.15, 0.2) is 11.5 Å². The van der Waals surface area contributed by atoms with E-state index in [1.54, 1.807) is 12.3 Å². The van der Waals surface area contributed by atoms with E-state index in [0.29, 0.717) is 30.4 Å². The molecule has 0 amide bonds. The van der Waals surface area contributed by atoms with Crippen LogP contribution in [-0.4, -0.2) is 23.3 Å². The van der Waals surface area contributed by atoms with Gasteiger partial charge in [0.05, 0.1) is 19.8 Å². The molecule has 0 saturated heterocycles. The van der Waals surface area contributed by atoms with Crippen LogP contribution in [0.25, 0.3) is 0 Å². The van der Waals surface area contributed by atoms with Crippen LogP contribution in [0.3, 0.4) is 0 Å². The number of unbranched alkanes of at least 4 members (excludes halogenated alkanes) is 2. The highest BCUT2D eigenvalue weighted by Crippen LogP contribution is 2.30. The standard InChI is InChI=1S/C14H23NO3/c1-3-5-9-17-13-7-8-15-12(11-16)14(13)18-10-6-4-2/h7-8,16H,3-6,9-11H2,1-2H3. The molecule has 0 aliphatic heterocycles. The Kier molecular flexibility index (Phi) is 7.18. The van der Waals surface area contributed by atoms with Crippen LogP contribution in [0.1, 0.15) is 45.2 Å². The number of hydrogen-bond donors (Lipinski definition) is 1. The van der Waals surface area contributed by atoms with Crippen LogP contribution in [0.2, 0.25) is 0 Å². The van der Waals surface area contributed by atoms with Crippen molar-refractivity contribution in [3.8, 4) is 11.5 Å². The predicted molar refractivity (Wildman–Crippen MR) is 71.0 cm³/mol. The van der Waals surface area contributed by atoms with Gasteiger partial charge in [0.25, 0.3) is 0 Å². The summed E-state index contributed by atoms with van der Waals surface area (Å²) < 4.78 is 11.4. The monoisotopic (exact) mass is 253 g/mol. The van der Waals surface area contributed by atoms with Crippen LogP contribution in [-0.2, 0) is 6.61 Å². The van der Waals surface area contributed by atoms with Gasteiger partial charge in [-0.25, -0.2) is 0 Å². The summed E-state index contributed by atoms with van der Waals surface area (Å²) in [6.45, 7) is 5.38. The molecule has 18 heavy (non-hydrogen) atoms. The number of aliphatic hydroxyl groups excluding tert-OH is 1. The van der Waals surface area contributed by atoms with Crippen molar-refractivity contribution in [2.75, 3.05) is 13.2 Å². The van der Waals surface area contributed by atoms with Crippen LogP contribution in [0.4, 0.5) is 0 Å². The Morgan fingerprint density at radius 1 is 1.11 bits per heavy atom. The molecule has 0 aromatic carbocycles. The van der Waals surface area contributed by atoms with Gasteiger partial charge in [0, 0.05) is 12.3 Å². The molecular formula is C14H23NO3. The summed E-state index contributed by atoms with van der Waals surface area (Å²) in [5, 5.41) is 9.27. The molecule has 0 unspecified atom stereocenters. The van der Waals surface area contributed by atoms with E-state index in [0.717, 1.165) is 25.7 Å². The van der Waals surface area contributed by atoms with Gasteiger partial charge in [-0.2, -0.15) is 0 Å². The lowest BCUT2D eigenvalue weighted by Gasteiger charge is -2.14. The van der Waals surface area contributed by atoms with Crippen molar-refractivity contribution in [3.63, 3.8) is 0 Å². The summed E-state index contributed by atoms with van der Waals surface area (Å²) in [5.74, 6) is 1.27. The minimum absolute atomic E-state index is 0.133. The number of nitrogens with zero attached hydrogens (tertiary/aromatic N) is 1. The van der Waals surface area contributed by atoms with E-state index in [1.807, 2.05) is 0 Å². The summed E-state index contributed by atoms with van der Waals surface area (Å²) in [7, 11) is 0. The molecule has 0 spiro atoms. The molecule has 0 aliphatic carbocycles. The smallest absolute Gasteiger partial charge is 0.185 e. The fourth-order valence-electron chi connectivity index (χ4n) is 1.50. The number of aromatic nitrogens is 1. The minimum Gasteiger partial charge on any atom is -0.490 e. The SMILES string of the molecule is CCCCOc1ccnc(CO)c1OCCCC. The van der Waals surface area contributed by atoms with Crippen molar-refractivity contribution in [3.05, 3.63) is 18.0 Å². The number of rotatable bonds is 9. The molecule has 4 nitrogen and oxygen atoms in total. The second kappa shape index (κ2) is 8.75. The molecule has 0 atom stereocenters. The summed E-state index contributed by atoms with van der Waals surface area (Å²) in [6, 6.07) is 1.79.